The van der Waals surface area contributed by atoms with E-state index in [1.165, 1.54) is 0 Å². The summed E-state index contributed by atoms with van der Waals surface area (Å²) in [5.74, 6) is 0. The summed E-state index contributed by atoms with van der Waals surface area (Å²) in [6, 6.07) is 5.06. The average molecular weight is 239 g/mol. The van der Waals surface area contributed by atoms with Gasteiger partial charge in [-0.1, -0.05) is 6.07 Å². The van der Waals surface area contributed by atoms with E-state index in [-0.39, 0.29) is 5.69 Å². The monoisotopic (exact) mass is 239 g/mol. The molecule has 0 amide bonds. The van der Waals surface area contributed by atoms with Crippen molar-refractivity contribution in [1.29, 1.82) is 0 Å². The van der Waals surface area contributed by atoms with Crippen molar-refractivity contribution >= 4 is 17.1 Å². The molecule has 1 atom stereocenters. The molecule has 0 saturated carbocycles. The van der Waals surface area contributed by atoms with Gasteiger partial charge in [0.2, 0.25) is 0 Å². The van der Waals surface area contributed by atoms with Gasteiger partial charge in [0.25, 0.3) is 0 Å². The lowest BCUT2D eigenvalue weighted by Crippen LogP contribution is -2.27. The number of nitro groups is 1. The fourth-order valence-corrected chi connectivity index (χ4v) is 1.73. The molecule has 0 aliphatic rings. The Kier molecular flexibility index (Phi) is 4.28. The Labute approximate surface area is 100 Å². The molecule has 1 aromatic carbocycles. The van der Waals surface area contributed by atoms with Crippen molar-refractivity contribution in [3.8, 4) is 0 Å². The smallest absolute Gasteiger partial charge is 0.315 e. The lowest BCUT2D eigenvalue weighted by atomic mass is 10.2. The van der Waals surface area contributed by atoms with Crippen LogP contribution in [0.1, 0.15) is 6.92 Å². The Balaban J connectivity index is 3.18. The van der Waals surface area contributed by atoms with Gasteiger partial charge < -0.3 is 15.3 Å². The largest absolute Gasteiger partial charge is 0.392 e. The first kappa shape index (κ1) is 13.2. The Hall–Kier alpha value is -1.82. The molecule has 0 spiro atoms. The van der Waals surface area contributed by atoms with E-state index in [4.69, 9.17) is 0 Å². The van der Waals surface area contributed by atoms with Crippen molar-refractivity contribution in [2.75, 3.05) is 30.9 Å². The van der Waals surface area contributed by atoms with Crippen LogP contribution in [0.3, 0.4) is 0 Å². The summed E-state index contributed by atoms with van der Waals surface area (Å²) >= 11 is 0. The number of nitrogens with zero attached hydrogens (tertiary/aromatic N) is 2. The van der Waals surface area contributed by atoms with Gasteiger partial charge in [-0.05, 0) is 19.1 Å². The predicted octanol–water partition coefficient (Wildman–Crippen LogP) is 1.45. The molecule has 0 fully saturated rings. The third-order valence-corrected chi connectivity index (χ3v) is 2.42. The van der Waals surface area contributed by atoms with E-state index in [9.17, 15) is 15.2 Å². The normalized spacial score (nSPS) is 12.0. The highest BCUT2D eigenvalue weighted by Crippen LogP contribution is 2.34. The number of anilines is 2. The fourth-order valence-electron chi connectivity index (χ4n) is 1.73. The van der Waals surface area contributed by atoms with Gasteiger partial charge in [-0.15, -0.1) is 0 Å². The summed E-state index contributed by atoms with van der Waals surface area (Å²) in [6.45, 7) is 1.98. The number of likely N-dealkylation sites (N-methyl/N-ethyl adjacent to an activating group) is 1. The van der Waals surface area contributed by atoms with E-state index in [1.54, 1.807) is 44.1 Å². The van der Waals surface area contributed by atoms with Crippen molar-refractivity contribution in [2.45, 2.75) is 13.0 Å². The summed E-state index contributed by atoms with van der Waals surface area (Å²) in [7, 11) is 3.36. The molecule has 17 heavy (non-hydrogen) atoms. The highest BCUT2D eigenvalue weighted by atomic mass is 16.6. The first-order chi connectivity index (χ1) is 7.97. The number of nitrogens with one attached hydrogen (secondary N) is 1. The van der Waals surface area contributed by atoms with E-state index in [2.05, 4.69) is 5.32 Å². The van der Waals surface area contributed by atoms with Crippen LogP contribution in [-0.2, 0) is 0 Å². The minimum atomic E-state index is -0.544. The molecule has 2 N–H and O–H groups in total. The van der Waals surface area contributed by atoms with Crippen molar-refractivity contribution in [1.82, 2.24) is 0 Å². The molecule has 0 aromatic heterocycles. The molecule has 6 heteroatoms. The van der Waals surface area contributed by atoms with E-state index in [0.29, 0.717) is 17.9 Å². The maximum absolute atomic E-state index is 11.1. The Bertz CT molecular complexity index is 407. The number of hydrogen-bond acceptors (Lipinski definition) is 5. The number of aliphatic hydroxyl groups is 1. The fraction of sp³-hybridized carbons (Fsp3) is 0.455. The van der Waals surface area contributed by atoms with Crippen LogP contribution in [0.2, 0.25) is 0 Å². The van der Waals surface area contributed by atoms with Gasteiger partial charge in [0.1, 0.15) is 11.4 Å². The number of benzene rings is 1. The zero-order valence-corrected chi connectivity index (χ0v) is 10.2. The molecule has 1 unspecified atom stereocenters. The first-order valence-corrected chi connectivity index (χ1v) is 5.31. The highest BCUT2D eigenvalue weighted by Gasteiger charge is 2.21. The van der Waals surface area contributed by atoms with E-state index in [1.807, 2.05) is 0 Å². The summed E-state index contributed by atoms with van der Waals surface area (Å²) in [4.78, 5) is 12.3. The maximum atomic E-state index is 11.1. The average Bonchev–Trinajstić information content (AvgIpc) is 2.26. The van der Waals surface area contributed by atoms with Gasteiger partial charge in [-0.25, -0.2) is 0 Å². The van der Waals surface area contributed by atoms with Crippen LogP contribution in [0.15, 0.2) is 18.2 Å². The summed E-state index contributed by atoms with van der Waals surface area (Å²) in [5.41, 5.74) is 0.978. The third-order valence-electron chi connectivity index (χ3n) is 2.42. The van der Waals surface area contributed by atoms with Gasteiger partial charge in [0, 0.05) is 20.6 Å². The molecule has 0 heterocycles. The van der Waals surface area contributed by atoms with Gasteiger partial charge >= 0.3 is 5.69 Å². The van der Waals surface area contributed by atoms with Crippen LogP contribution in [0.4, 0.5) is 17.1 Å². The summed E-state index contributed by atoms with van der Waals surface area (Å²) < 4.78 is 0. The maximum Gasteiger partial charge on any atom is 0.315 e. The molecule has 1 rings (SSSR count). The molecule has 1 aromatic rings. The van der Waals surface area contributed by atoms with E-state index >= 15 is 0 Å². The number of rotatable bonds is 5. The first-order valence-electron chi connectivity index (χ1n) is 5.31. The number of aliphatic hydroxyl groups excluding tert-OH is 1. The van der Waals surface area contributed by atoms with Crippen LogP contribution in [0.25, 0.3) is 0 Å². The van der Waals surface area contributed by atoms with Crippen molar-refractivity contribution in [2.24, 2.45) is 0 Å². The van der Waals surface area contributed by atoms with Gasteiger partial charge in [-0.3, -0.25) is 10.1 Å². The number of hydrogen-bond donors (Lipinski definition) is 2. The Morgan fingerprint density at radius 3 is 2.71 bits per heavy atom. The topological polar surface area (TPSA) is 78.6 Å². The summed E-state index contributed by atoms with van der Waals surface area (Å²) in [6.07, 6.45) is -0.544. The second-order valence-electron chi connectivity index (χ2n) is 3.91. The van der Waals surface area contributed by atoms with Gasteiger partial charge in [-0.2, -0.15) is 0 Å². The van der Waals surface area contributed by atoms with Gasteiger partial charge in [0.15, 0.2) is 0 Å². The second kappa shape index (κ2) is 5.49. The predicted molar refractivity (Wildman–Crippen MR) is 67.6 cm³/mol. The quantitative estimate of drug-likeness (QED) is 0.600. The standard InChI is InChI=1S/C11H17N3O3/c1-8(15)7-13(3)10-6-4-5-9(12-2)11(10)14(16)17/h4-6,8,12,15H,7H2,1-3H3. The number of para-hydroxylation sites is 1. The molecular weight excluding hydrogens is 222 g/mol. The summed E-state index contributed by atoms with van der Waals surface area (Å²) in [5, 5.41) is 23.2. The van der Waals surface area contributed by atoms with Crippen LogP contribution < -0.4 is 10.2 Å². The lowest BCUT2D eigenvalue weighted by Gasteiger charge is -2.21. The van der Waals surface area contributed by atoms with Crippen molar-refractivity contribution < 1.29 is 10.0 Å². The Morgan fingerprint density at radius 1 is 1.59 bits per heavy atom. The van der Waals surface area contributed by atoms with Crippen molar-refractivity contribution in [3.63, 3.8) is 0 Å². The lowest BCUT2D eigenvalue weighted by molar-refractivity contribution is -0.383. The van der Waals surface area contributed by atoms with E-state index < -0.39 is 11.0 Å². The zero-order valence-electron chi connectivity index (χ0n) is 10.2. The molecule has 0 saturated heterocycles. The molecule has 0 bridgehead atoms. The minimum Gasteiger partial charge on any atom is -0.392 e. The SMILES string of the molecule is CNc1cccc(N(C)CC(C)O)c1[N+](=O)[O-]. The van der Waals surface area contributed by atoms with E-state index in [0.717, 1.165) is 0 Å². The Morgan fingerprint density at radius 2 is 2.24 bits per heavy atom. The van der Waals surface area contributed by atoms with Crippen LogP contribution in [0.5, 0.6) is 0 Å². The van der Waals surface area contributed by atoms with Gasteiger partial charge in [0.05, 0.1) is 11.0 Å². The number of nitro benzene ring substituents is 1. The molecule has 0 radical (unpaired) electrons. The minimum absolute atomic E-state index is 0.0261. The highest BCUT2D eigenvalue weighted by molar-refractivity contribution is 5.76. The molecule has 94 valence electrons. The molecule has 0 aliphatic carbocycles. The van der Waals surface area contributed by atoms with Crippen LogP contribution in [0, 0.1) is 10.1 Å². The third kappa shape index (κ3) is 3.07. The molecular formula is C11H17N3O3. The second-order valence-corrected chi connectivity index (χ2v) is 3.91. The van der Waals surface area contributed by atoms with Crippen LogP contribution >= 0.6 is 0 Å². The molecule has 6 nitrogen and oxygen atoms in total. The van der Waals surface area contributed by atoms with Crippen LogP contribution in [-0.4, -0.2) is 36.8 Å². The van der Waals surface area contributed by atoms with Crippen molar-refractivity contribution in [3.05, 3.63) is 28.3 Å². The molecule has 0 aliphatic heterocycles. The zero-order chi connectivity index (χ0) is 13.0.